The number of pyridine rings is 1. The molecule has 1 heterocycles. The van der Waals surface area contributed by atoms with Crippen LogP contribution in [0.3, 0.4) is 0 Å². The van der Waals surface area contributed by atoms with Crippen molar-refractivity contribution < 1.29 is 0 Å². The van der Waals surface area contributed by atoms with Crippen LogP contribution < -0.4 is 5.32 Å². The van der Waals surface area contributed by atoms with Gasteiger partial charge in [-0.15, -0.1) is 0 Å². The summed E-state index contributed by atoms with van der Waals surface area (Å²) in [5, 5.41) is 3.48. The van der Waals surface area contributed by atoms with E-state index in [-0.39, 0.29) is 0 Å². The molecule has 4 heteroatoms. The van der Waals surface area contributed by atoms with Gasteiger partial charge in [-0.05, 0) is 56.8 Å². The fourth-order valence-electron chi connectivity index (χ4n) is 1.69. The predicted octanol–water partition coefficient (Wildman–Crippen LogP) is 4.30. The topological polar surface area (TPSA) is 24.9 Å². The van der Waals surface area contributed by atoms with E-state index in [1.54, 1.807) is 0 Å². The first kappa shape index (κ1) is 14.1. The summed E-state index contributed by atoms with van der Waals surface area (Å²) in [6.45, 7) is 7.55. The maximum Gasteiger partial charge on any atom is 0.0715 e. The summed E-state index contributed by atoms with van der Waals surface area (Å²) < 4.78 is 2.07. The van der Waals surface area contributed by atoms with Crippen molar-refractivity contribution in [3.05, 3.63) is 26.9 Å². The van der Waals surface area contributed by atoms with Crippen LogP contribution in [0.25, 0.3) is 0 Å². The monoisotopic (exact) mass is 348 g/mol. The molecule has 0 aliphatic heterocycles. The Morgan fingerprint density at radius 2 is 2.06 bits per heavy atom. The second-order valence-corrected chi connectivity index (χ2v) is 6.03. The highest BCUT2D eigenvalue weighted by Gasteiger charge is 2.16. The van der Waals surface area contributed by atoms with Crippen molar-refractivity contribution in [2.45, 2.75) is 33.2 Å². The third-order valence-electron chi connectivity index (χ3n) is 2.32. The lowest BCUT2D eigenvalue weighted by atomic mass is 10.0. The molecule has 0 aliphatic rings. The van der Waals surface area contributed by atoms with Gasteiger partial charge in [0.2, 0.25) is 0 Å². The van der Waals surface area contributed by atoms with Crippen LogP contribution in [0, 0.1) is 5.92 Å². The second-order valence-electron chi connectivity index (χ2n) is 4.26. The first-order valence-electron chi connectivity index (χ1n) is 5.59. The van der Waals surface area contributed by atoms with Crippen molar-refractivity contribution in [3.63, 3.8) is 0 Å². The summed E-state index contributed by atoms with van der Waals surface area (Å²) in [5.41, 5.74) is 1.10. The quantitative estimate of drug-likeness (QED) is 0.857. The minimum Gasteiger partial charge on any atom is -0.309 e. The molecule has 0 fully saturated rings. The fraction of sp³-hybridized carbons (Fsp3) is 0.583. The van der Waals surface area contributed by atoms with E-state index < -0.39 is 0 Å². The molecular formula is C12H18Br2N2. The van der Waals surface area contributed by atoms with Crippen LogP contribution in [0.15, 0.2) is 21.2 Å². The molecule has 1 unspecified atom stereocenters. The van der Waals surface area contributed by atoms with Crippen LogP contribution in [-0.2, 0) is 0 Å². The lowest BCUT2D eigenvalue weighted by molar-refractivity contribution is 0.429. The van der Waals surface area contributed by atoms with E-state index in [1.165, 1.54) is 0 Å². The maximum atomic E-state index is 4.49. The Morgan fingerprint density at radius 1 is 1.38 bits per heavy atom. The van der Waals surface area contributed by atoms with Gasteiger partial charge >= 0.3 is 0 Å². The number of nitrogens with one attached hydrogen (secondary N) is 1. The molecule has 0 spiro atoms. The van der Waals surface area contributed by atoms with E-state index in [1.807, 2.05) is 12.3 Å². The third-order valence-corrected chi connectivity index (χ3v) is 3.39. The van der Waals surface area contributed by atoms with Gasteiger partial charge in [0.25, 0.3) is 0 Å². The number of halogens is 2. The van der Waals surface area contributed by atoms with Crippen LogP contribution in [-0.4, -0.2) is 11.5 Å². The van der Waals surface area contributed by atoms with Gasteiger partial charge in [-0.1, -0.05) is 20.8 Å². The second kappa shape index (κ2) is 6.72. The maximum absolute atomic E-state index is 4.49. The molecule has 0 bridgehead atoms. The highest BCUT2D eigenvalue weighted by Crippen LogP contribution is 2.28. The van der Waals surface area contributed by atoms with Crippen molar-refractivity contribution in [2.24, 2.45) is 5.92 Å². The van der Waals surface area contributed by atoms with Crippen LogP contribution in [0.5, 0.6) is 0 Å². The van der Waals surface area contributed by atoms with Gasteiger partial charge < -0.3 is 5.32 Å². The third kappa shape index (κ3) is 4.15. The summed E-state index contributed by atoms with van der Waals surface area (Å²) in [5.74, 6) is 0.654. The summed E-state index contributed by atoms with van der Waals surface area (Å²) in [7, 11) is 0. The Kier molecular flexibility index (Phi) is 5.94. The summed E-state index contributed by atoms with van der Waals surface area (Å²) in [6, 6.07) is 2.37. The van der Waals surface area contributed by atoms with Crippen LogP contribution >= 0.6 is 31.9 Å². The lowest BCUT2D eigenvalue weighted by Gasteiger charge is -2.20. The number of aromatic nitrogens is 1. The Bertz CT molecular complexity index is 340. The highest BCUT2D eigenvalue weighted by atomic mass is 79.9. The van der Waals surface area contributed by atoms with Gasteiger partial charge in [0.05, 0.1) is 11.7 Å². The minimum absolute atomic E-state index is 0.326. The van der Waals surface area contributed by atoms with E-state index in [4.69, 9.17) is 0 Å². The average molecular weight is 350 g/mol. The molecule has 1 atom stereocenters. The Labute approximate surface area is 114 Å². The molecule has 0 saturated carbocycles. The smallest absolute Gasteiger partial charge is 0.0715 e. The molecule has 1 aromatic rings. The van der Waals surface area contributed by atoms with Gasteiger partial charge in [-0.3, -0.25) is 4.98 Å². The molecule has 16 heavy (non-hydrogen) atoms. The van der Waals surface area contributed by atoms with E-state index >= 15 is 0 Å². The molecule has 1 N–H and O–H groups in total. The first-order valence-corrected chi connectivity index (χ1v) is 7.17. The fourth-order valence-corrected chi connectivity index (χ4v) is 2.95. The molecule has 0 aromatic carbocycles. The molecule has 0 radical (unpaired) electrons. The SMILES string of the molecule is CCNC(CC(C)C)c1ncc(Br)cc1Br. The van der Waals surface area contributed by atoms with E-state index in [0.717, 1.165) is 27.6 Å². The number of rotatable bonds is 5. The summed E-state index contributed by atoms with van der Waals surface area (Å²) >= 11 is 7.00. The Balaban J connectivity index is 2.91. The molecule has 0 saturated heterocycles. The van der Waals surface area contributed by atoms with Crippen molar-refractivity contribution in [1.29, 1.82) is 0 Å². The van der Waals surface area contributed by atoms with Gasteiger partial charge in [-0.25, -0.2) is 0 Å². The first-order chi connectivity index (χ1) is 7.54. The molecule has 1 aromatic heterocycles. The molecule has 0 amide bonds. The zero-order valence-electron chi connectivity index (χ0n) is 9.93. The average Bonchev–Trinajstić information content (AvgIpc) is 2.16. The number of hydrogen-bond donors (Lipinski definition) is 1. The number of hydrogen-bond acceptors (Lipinski definition) is 2. The minimum atomic E-state index is 0.326. The zero-order chi connectivity index (χ0) is 12.1. The van der Waals surface area contributed by atoms with Gasteiger partial charge in [0, 0.05) is 15.1 Å². The predicted molar refractivity (Wildman–Crippen MR) is 75.5 cm³/mol. The van der Waals surface area contributed by atoms with E-state index in [0.29, 0.717) is 12.0 Å². The largest absolute Gasteiger partial charge is 0.309 e. The summed E-state index contributed by atoms with van der Waals surface area (Å²) in [6.07, 6.45) is 2.95. The van der Waals surface area contributed by atoms with Gasteiger partial charge in [-0.2, -0.15) is 0 Å². The standard InChI is InChI=1S/C12H18Br2N2/c1-4-15-11(5-8(2)3)12-10(14)6-9(13)7-16-12/h6-8,11,15H,4-5H2,1-3H3. The molecule has 2 nitrogen and oxygen atoms in total. The lowest BCUT2D eigenvalue weighted by Crippen LogP contribution is -2.23. The van der Waals surface area contributed by atoms with Crippen molar-refractivity contribution >= 4 is 31.9 Å². The molecule has 1 rings (SSSR count). The van der Waals surface area contributed by atoms with E-state index in [9.17, 15) is 0 Å². The summed E-state index contributed by atoms with van der Waals surface area (Å²) in [4.78, 5) is 4.49. The van der Waals surface area contributed by atoms with Crippen molar-refractivity contribution in [1.82, 2.24) is 10.3 Å². The Hall–Kier alpha value is 0.0700. The van der Waals surface area contributed by atoms with Gasteiger partial charge in [0.1, 0.15) is 0 Å². The normalized spacial score (nSPS) is 13.1. The van der Waals surface area contributed by atoms with Crippen LogP contribution in [0.4, 0.5) is 0 Å². The van der Waals surface area contributed by atoms with Crippen molar-refractivity contribution in [3.8, 4) is 0 Å². The van der Waals surface area contributed by atoms with Crippen LogP contribution in [0.1, 0.15) is 38.9 Å². The highest BCUT2D eigenvalue weighted by molar-refractivity contribution is 9.11. The van der Waals surface area contributed by atoms with Gasteiger partial charge in [0.15, 0.2) is 0 Å². The van der Waals surface area contributed by atoms with Crippen molar-refractivity contribution in [2.75, 3.05) is 6.54 Å². The number of nitrogens with zero attached hydrogens (tertiary/aromatic N) is 1. The zero-order valence-corrected chi connectivity index (χ0v) is 13.1. The van der Waals surface area contributed by atoms with Crippen LogP contribution in [0.2, 0.25) is 0 Å². The molecule has 90 valence electrons. The molecular weight excluding hydrogens is 332 g/mol. The molecule has 0 aliphatic carbocycles. The van der Waals surface area contributed by atoms with E-state index in [2.05, 4.69) is 62.9 Å². The Morgan fingerprint density at radius 3 is 2.56 bits per heavy atom.